The molecule has 126 valence electrons. The van der Waals surface area contributed by atoms with Crippen molar-refractivity contribution in [3.63, 3.8) is 0 Å². The second-order valence-electron chi connectivity index (χ2n) is 5.35. The molecule has 0 radical (unpaired) electrons. The lowest BCUT2D eigenvalue weighted by Gasteiger charge is -2.16. The minimum Gasteiger partial charge on any atom is -0.452 e. The molecular weight excluding hydrogens is 349 g/mol. The van der Waals surface area contributed by atoms with Gasteiger partial charge in [-0.3, -0.25) is 4.79 Å². The fraction of sp³-hybridized carbons (Fsp3) is 0.222. The summed E-state index contributed by atoms with van der Waals surface area (Å²) in [5.41, 5.74) is 1.97. The van der Waals surface area contributed by atoms with Crippen LogP contribution in [0.25, 0.3) is 0 Å². The number of aryl methyl sites for hydroxylation is 1. The number of halogens is 2. The summed E-state index contributed by atoms with van der Waals surface area (Å²) < 4.78 is 5.05. The number of hydrogen-bond acceptors (Lipinski definition) is 3. The predicted molar refractivity (Wildman–Crippen MR) is 94.5 cm³/mol. The van der Waals surface area contributed by atoms with Gasteiger partial charge in [-0.15, -0.1) is 0 Å². The van der Waals surface area contributed by atoms with Gasteiger partial charge in [0.25, 0.3) is 5.91 Å². The van der Waals surface area contributed by atoms with Crippen molar-refractivity contribution in [2.75, 3.05) is 6.61 Å². The molecule has 1 amide bonds. The summed E-state index contributed by atoms with van der Waals surface area (Å²) in [6, 6.07) is 11.8. The van der Waals surface area contributed by atoms with Crippen LogP contribution >= 0.6 is 23.2 Å². The Labute approximate surface area is 150 Å². The van der Waals surface area contributed by atoms with E-state index in [1.807, 2.05) is 6.07 Å². The maximum absolute atomic E-state index is 12.0. The van der Waals surface area contributed by atoms with Crippen LogP contribution in [-0.2, 0) is 9.53 Å². The fourth-order valence-electron chi connectivity index (χ4n) is 2.22. The van der Waals surface area contributed by atoms with Crippen molar-refractivity contribution >= 4 is 35.1 Å². The number of carbonyl (C=O) groups is 2. The monoisotopic (exact) mass is 365 g/mol. The topological polar surface area (TPSA) is 55.4 Å². The zero-order valence-electron chi connectivity index (χ0n) is 13.3. The van der Waals surface area contributed by atoms with Crippen LogP contribution in [0.15, 0.2) is 42.5 Å². The van der Waals surface area contributed by atoms with Crippen LogP contribution in [-0.4, -0.2) is 18.5 Å². The molecule has 2 aromatic rings. The normalized spacial score (nSPS) is 11.7. The van der Waals surface area contributed by atoms with Crippen LogP contribution in [0.5, 0.6) is 0 Å². The highest BCUT2D eigenvalue weighted by Crippen LogP contribution is 2.26. The van der Waals surface area contributed by atoms with Crippen LogP contribution in [0.4, 0.5) is 0 Å². The summed E-state index contributed by atoms with van der Waals surface area (Å²) >= 11 is 12.0. The molecule has 4 nitrogen and oxygen atoms in total. The van der Waals surface area contributed by atoms with Gasteiger partial charge < -0.3 is 10.1 Å². The highest BCUT2D eigenvalue weighted by atomic mass is 35.5. The molecule has 0 saturated heterocycles. The first-order chi connectivity index (χ1) is 11.4. The zero-order chi connectivity index (χ0) is 17.7. The van der Waals surface area contributed by atoms with Gasteiger partial charge in [-0.05, 0) is 43.2 Å². The third-order valence-electron chi connectivity index (χ3n) is 3.51. The summed E-state index contributed by atoms with van der Waals surface area (Å²) in [6.45, 7) is 3.24. The minimum atomic E-state index is -0.527. The van der Waals surface area contributed by atoms with Gasteiger partial charge in [0.15, 0.2) is 6.61 Å². The summed E-state index contributed by atoms with van der Waals surface area (Å²) in [5, 5.41) is 3.72. The first-order valence-electron chi connectivity index (χ1n) is 7.35. The minimum absolute atomic E-state index is 0.334. The molecule has 0 spiro atoms. The lowest BCUT2D eigenvalue weighted by Crippen LogP contribution is -2.31. The van der Waals surface area contributed by atoms with Gasteiger partial charge >= 0.3 is 5.97 Å². The SMILES string of the molecule is Cc1ccccc1C(=O)OCC(=O)N[C@@H](C)c1ccc(Cl)cc1Cl. The second kappa shape index (κ2) is 8.18. The Bertz CT molecular complexity index is 762. The van der Waals surface area contributed by atoms with Crippen molar-refractivity contribution in [1.29, 1.82) is 0 Å². The summed E-state index contributed by atoms with van der Waals surface area (Å²) in [4.78, 5) is 23.9. The number of esters is 1. The Morgan fingerprint density at radius 3 is 2.54 bits per heavy atom. The Hall–Kier alpha value is -2.04. The van der Waals surface area contributed by atoms with Crippen molar-refractivity contribution in [2.45, 2.75) is 19.9 Å². The number of benzene rings is 2. The van der Waals surface area contributed by atoms with Gasteiger partial charge in [-0.25, -0.2) is 4.79 Å². The Morgan fingerprint density at radius 1 is 1.17 bits per heavy atom. The van der Waals surface area contributed by atoms with E-state index in [2.05, 4.69) is 5.32 Å². The van der Waals surface area contributed by atoms with E-state index in [-0.39, 0.29) is 12.6 Å². The number of rotatable bonds is 5. The number of ether oxygens (including phenoxy) is 1. The van der Waals surface area contributed by atoms with Crippen LogP contribution in [0.3, 0.4) is 0 Å². The van der Waals surface area contributed by atoms with Crippen molar-refractivity contribution in [1.82, 2.24) is 5.32 Å². The molecular formula is C18H17Cl2NO3. The quantitative estimate of drug-likeness (QED) is 0.801. The molecule has 0 aromatic heterocycles. The maximum Gasteiger partial charge on any atom is 0.338 e. The van der Waals surface area contributed by atoms with Gasteiger partial charge in [-0.1, -0.05) is 47.5 Å². The van der Waals surface area contributed by atoms with Crippen molar-refractivity contribution in [2.24, 2.45) is 0 Å². The van der Waals surface area contributed by atoms with Gasteiger partial charge in [0.2, 0.25) is 0 Å². The molecule has 0 bridgehead atoms. The smallest absolute Gasteiger partial charge is 0.338 e. The third-order valence-corrected chi connectivity index (χ3v) is 4.07. The molecule has 2 aromatic carbocycles. The van der Waals surface area contributed by atoms with Gasteiger partial charge in [0.1, 0.15) is 0 Å². The van der Waals surface area contributed by atoms with E-state index in [1.165, 1.54) is 0 Å². The van der Waals surface area contributed by atoms with Crippen LogP contribution in [0, 0.1) is 6.92 Å². The lowest BCUT2D eigenvalue weighted by molar-refractivity contribution is -0.124. The Balaban J connectivity index is 1.91. The average Bonchev–Trinajstić information content (AvgIpc) is 2.52. The third kappa shape index (κ3) is 4.73. The first kappa shape index (κ1) is 18.3. The molecule has 0 aliphatic carbocycles. The molecule has 0 heterocycles. The predicted octanol–water partition coefficient (Wildman–Crippen LogP) is 4.34. The standard InChI is InChI=1S/C18H17Cl2NO3/c1-11-5-3-4-6-14(11)18(23)24-10-17(22)21-12(2)15-8-7-13(19)9-16(15)20/h3-9,12H,10H2,1-2H3,(H,21,22)/t12-/m0/s1. The van der Waals surface area contributed by atoms with Crippen LogP contribution in [0.1, 0.15) is 34.5 Å². The largest absolute Gasteiger partial charge is 0.452 e. The molecule has 0 aliphatic heterocycles. The number of carbonyl (C=O) groups excluding carboxylic acids is 2. The van der Waals surface area contributed by atoms with Crippen molar-refractivity contribution in [3.8, 4) is 0 Å². The van der Waals surface area contributed by atoms with Crippen molar-refractivity contribution in [3.05, 3.63) is 69.2 Å². The van der Waals surface area contributed by atoms with Gasteiger partial charge in [0.05, 0.1) is 11.6 Å². The van der Waals surface area contributed by atoms with Crippen LogP contribution < -0.4 is 5.32 Å². The molecule has 0 saturated carbocycles. The van der Waals surface area contributed by atoms with E-state index in [9.17, 15) is 9.59 Å². The number of nitrogens with one attached hydrogen (secondary N) is 1. The Morgan fingerprint density at radius 2 is 1.88 bits per heavy atom. The van der Waals surface area contributed by atoms with Crippen molar-refractivity contribution < 1.29 is 14.3 Å². The van der Waals surface area contributed by atoms with E-state index in [0.29, 0.717) is 15.6 Å². The van der Waals surface area contributed by atoms with E-state index in [0.717, 1.165) is 11.1 Å². The second-order valence-corrected chi connectivity index (χ2v) is 6.19. The van der Waals surface area contributed by atoms with E-state index < -0.39 is 11.9 Å². The molecule has 1 N–H and O–H groups in total. The lowest BCUT2D eigenvalue weighted by atomic mass is 10.1. The highest BCUT2D eigenvalue weighted by Gasteiger charge is 2.16. The number of amides is 1. The summed E-state index contributed by atoms with van der Waals surface area (Å²) in [6.07, 6.45) is 0. The first-order valence-corrected chi connectivity index (χ1v) is 8.11. The van der Waals surface area contributed by atoms with Gasteiger partial charge in [0, 0.05) is 10.0 Å². The Kier molecular flexibility index (Phi) is 6.23. The fourth-order valence-corrected chi connectivity index (χ4v) is 2.80. The van der Waals surface area contributed by atoms with E-state index >= 15 is 0 Å². The van der Waals surface area contributed by atoms with E-state index in [4.69, 9.17) is 27.9 Å². The summed E-state index contributed by atoms with van der Waals surface area (Å²) in [7, 11) is 0. The molecule has 0 unspecified atom stereocenters. The molecule has 1 atom stereocenters. The van der Waals surface area contributed by atoms with Gasteiger partial charge in [-0.2, -0.15) is 0 Å². The van der Waals surface area contributed by atoms with E-state index in [1.54, 1.807) is 50.2 Å². The molecule has 24 heavy (non-hydrogen) atoms. The zero-order valence-corrected chi connectivity index (χ0v) is 14.8. The molecule has 2 rings (SSSR count). The summed E-state index contributed by atoms with van der Waals surface area (Å²) in [5.74, 6) is -0.934. The maximum atomic E-state index is 12.0. The highest BCUT2D eigenvalue weighted by molar-refractivity contribution is 6.35. The molecule has 0 fully saturated rings. The number of hydrogen-bond donors (Lipinski definition) is 1. The van der Waals surface area contributed by atoms with Crippen LogP contribution in [0.2, 0.25) is 10.0 Å². The average molecular weight is 366 g/mol. The molecule has 6 heteroatoms. The molecule has 0 aliphatic rings.